The van der Waals surface area contributed by atoms with Crippen molar-refractivity contribution in [3.05, 3.63) is 59.1 Å². The first-order valence-electron chi connectivity index (χ1n) is 6.83. The van der Waals surface area contributed by atoms with Crippen LogP contribution >= 0.6 is 23.2 Å². The Morgan fingerprint density at radius 1 is 1.19 bits per heavy atom. The van der Waals surface area contributed by atoms with Crippen LogP contribution in [-0.4, -0.2) is 20.4 Å². The molecule has 3 nitrogen and oxygen atoms in total. The fraction of sp³-hybridized carbons (Fsp3) is 0.250. The minimum absolute atomic E-state index is 0.148. The quantitative estimate of drug-likeness (QED) is 0.664. The second-order valence-corrected chi connectivity index (χ2v) is 5.74. The molecular formula is C16H15Cl2N3. The van der Waals surface area contributed by atoms with Gasteiger partial charge in [-0.3, -0.25) is 4.98 Å². The van der Waals surface area contributed by atoms with Crippen LogP contribution in [0.4, 0.5) is 0 Å². The van der Waals surface area contributed by atoms with E-state index in [0.717, 1.165) is 23.3 Å². The largest absolute Gasteiger partial charge is 0.321 e. The van der Waals surface area contributed by atoms with Gasteiger partial charge in [-0.1, -0.05) is 11.6 Å². The van der Waals surface area contributed by atoms with E-state index in [1.165, 1.54) is 5.56 Å². The zero-order chi connectivity index (χ0) is 14.8. The Hall–Kier alpha value is -1.58. The summed E-state index contributed by atoms with van der Waals surface area (Å²) in [6, 6.07) is 9.96. The highest BCUT2D eigenvalue weighted by Gasteiger charge is 2.17. The average Bonchev–Trinajstić information content (AvgIpc) is 2.85. The predicted octanol–water partition coefficient (Wildman–Crippen LogP) is 4.48. The molecule has 0 fully saturated rings. The molecule has 0 aliphatic carbocycles. The highest BCUT2D eigenvalue weighted by atomic mass is 35.5. The summed E-state index contributed by atoms with van der Waals surface area (Å²) in [6.45, 7) is 2.15. The van der Waals surface area contributed by atoms with Gasteiger partial charge in [0.2, 0.25) is 0 Å². The Balaban J connectivity index is 2.18. The number of nitrogens with zero attached hydrogens (tertiary/aromatic N) is 3. The van der Waals surface area contributed by atoms with E-state index in [1.807, 2.05) is 30.3 Å². The van der Waals surface area contributed by atoms with E-state index in [0.29, 0.717) is 10.9 Å². The zero-order valence-electron chi connectivity index (χ0n) is 11.6. The highest BCUT2D eigenvalue weighted by Crippen LogP contribution is 2.28. The van der Waals surface area contributed by atoms with Crippen LogP contribution in [-0.2, 0) is 6.42 Å². The number of fused-ring (bicyclic) bond motifs is 1. The first-order chi connectivity index (χ1) is 10.2. The Morgan fingerprint density at radius 2 is 1.95 bits per heavy atom. The van der Waals surface area contributed by atoms with Crippen LogP contribution in [0.25, 0.3) is 11.0 Å². The number of rotatable bonds is 4. The number of hydrogen-bond donors (Lipinski definition) is 0. The van der Waals surface area contributed by atoms with Gasteiger partial charge >= 0.3 is 0 Å². The molecule has 0 radical (unpaired) electrons. The van der Waals surface area contributed by atoms with E-state index >= 15 is 0 Å². The van der Waals surface area contributed by atoms with E-state index in [2.05, 4.69) is 16.5 Å². The summed E-state index contributed by atoms with van der Waals surface area (Å²) >= 11 is 12.1. The second kappa shape index (κ2) is 6.04. The van der Waals surface area contributed by atoms with Crippen molar-refractivity contribution in [3.63, 3.8) is 0 Å². The smallest absolute Gasteiger partial charge is 0.111 e. The van der Waals surface area contributed by atoms with Gasteiger partial charge in [-0.25, -0.2) is 4.98 Å². The summed E-state index contributed by atoms with van der Waals surface area (Å²) in [5, 5.41) is 0.711. The molecule has 0 N–H and O–H groups in total. The van der Waals surface area contributed by atoms with E-state index < -0.39 is 0 Å². The molecule has 2 heterocycles. The van der Waals surface area contributed by atoms with Crippen LogP contribution in [0.1, 0.15) is 24.4 Å². The topological polar surface area (TPSA) is 30.7 Å². The molecule has 5 heteroatoms. The molecule has 0 saturated heterocycles. The number of pyridine rings is 1. The van der Waals surface area contributed by atoms with Crippen molar-refractivity contribution in [2.75, 3.05) is 5.88 Å². The van der Waals surface area contributed by atoms with E-state index in [4.69, 9.17) is 28.2 Å². The first kappa shape index (κ1) is 14.4. The summed E-state index contributed by atoms with van der Waals surface area (Å²) in [7, 11) is 0. The molecule has 2 aromatic heterocycles. The Labute approximate surface area is 133 Å². The highest BCUT2D eigenvalue weighted by molar-refractivity contribution is 6.31. The molecule has 3 rings (SSSR count). The van der Waals surface area contributed by atoms with Crippen LogP contribution in [0.3, 0.4) is 0 Å². The van der Waals surface area contributed by atoms with Crippen LogP contribution in [0.5, 0.6) is 0 Å². The summed E-state index contributed by atoms with van der Waals surface area (Å²) < 4.78 is 2.21. The molecule has 0 aliphatic rings. The van der Waals surface area contributed by atoms with Crippen LogP contribution in [0, 0.1) is 0 Å². The Kier molecular flexibility index (Phi) is 4.13. The first-order valence-corrected chi connectivity index (χ1v) is 7.74. The Morgan fingerprint density at radius 3 is 2.67 bits per heavy atom. The molecular weight excluding hydrogens is 305 g/mol. The molecule has 108 valence electrons. The lowest BCUT2D eigenvalue weighted by molar-refractivity contribution is 0.623. The minimum Gasteiger partial charge on any atom is -0.321 e. The van der Waals surface area contributed by atoms with Crippen molar-refractivity contribution in [3.8, 4) is 0 Å². The Bertz CT molecular complexity index is 753. The standard InChI is InChI=1S/C16H15Cl2N3/c1-11(12-5-8-19-9-6-12)21-15-10-13(18)2-3-14(15)20-16(21)4-7-17/h2-3,5-6,8-11H,4,7H2,1H3. The number of halogens is 2. The molecule has 0 spiro atoms. The summed E-state index contributed by atoms with van der Waals surface area (Å²) in [6.07, 6.45) is 4.33. The van der Waals surface area contributed by atoms with Gasteiger partial charge in [-0.05, 0) is 42.8 Å². The maximum absolute atomic E-state index is 6.15. The van der Waals surface area contributed by atoms with Crippen LogP contribution in [0.15, 0.2) is 42.7 Å². The van der Waals surface area contributed by atoms with E-state index in [-0.39, 0.29) is 6.04 Å². The van der Waals surface area contributed by atoms with Gasteiger partial charge in [-0.2, -0.15) is 0 Å². The van der Waals surface area contributed by atoms with Crippen molar-refractivity contribution in [1.29, 1.82) is 0 Å². The van der Waals surface area contributed by atoms with Crippen molar-refractivity contribution in [2.24, 2.45) is 0 Å². The lowest BCUT2D eigenvalue weighted by Gasteiger charge is -2.18. The lowest BCUT2D eigenvalue weighted by atomic mass is 10.1. The number of aromatic nitrogens is 3. The summed E-state index contributed by atoms with van der Waals surface area (Å²) in [4.78, 5) is 8.77. The number of aryl methyl sites for hydroxylation is 1. The molecule has 0 bridgehead atoms. The number of benzene rings is 1. The van der Waals surface area contributed by atoms with Crippen LogP contribution in [0.2, 0.25) is 5.02 Å². The molecule has 1 atom stereocenters. The molecule has 0 aliphatic heterocycles. The van der Waals surface area contributed by atoms with Gasteiger partial charge in [0, 0.05) is 29.7 Å². The van der Waals surface area contributed by atoms with E-state index in [9.17, 15) is 0 Å². The monoisotopic (exact) mass is 319 g/mol. The maximum atomic E-state index is 6.15. The van der Waals surface area contributed by atoms with Gasteiger partial charge in [-0.15, -0.1) is 11.6 Å². The maximum Gasteiger partial charge on any atom is 0.111 e. The third kappa shape index (κ3) is 2.76. The summed E-state index contributed by atoms with van der Waals surface area (Å²) in [5.74, 6) is 1.52. The molecule has 0 saturated carbocycles. The SMILES string of the molecule is CC(c1ccncc1)n1c(CCCl)nc2ccc(Cl)cc21. The second-order valence-electron chi connectivity index (χ2n) is 4.93. The van der Waals surface area contributed by atoms with Crippen molar-refractivity contribution >= 4 is 34.2 Å². The number of imidazole rings is 1. The van der Waals surface area contributed by atoms with Crippen molar-refractivity contribution in [2.45, 2.75) is 19.4 Å². The normalized spacial score (nSPS) is 12.7. The zero-order valence-corrected chi connectivity index (χ0v) is 13.1. The van der Waals surface area contributed by atoms with E-state index in [1.54, 1.807) is 12.4 Å². The molecule has 0 amide bonds. The fourth-order valence-corrected chi connectivity index (χ4v) is 2.94. The van der Waals surface area contributed by atoms with Crippen molar-refractivity contribution < 1.29 is 0 Å². The van der Waals surface area contributed by atoms with Gasteiger partial charge in [0.15, 0.2) is 0 Å². The van der Waals surface area contributed by atoms with Gasteiger partial charge in [0.05, 0.1) is 17.1 Å². The lowest BCUT2D eigenvalue weighted by Crippen LogP contribution is -2.11. The molecule has 3 aromatic rings. The minimum atomic E-state index is 0.148. The van der Waals surface area contributed by atoms with Gasteiger partial charge in [0.25, 0.3) is 0 Å². The number of alkyl halides is 1. The predicted molar refractivity (Wildman–Crippen MR) is 87.2 cm³/mol. The number of hydrogen-bond acceptors (Lipinski definition) is 2. The van der Waals surface area contributed by atoms with Gasteiger partial charge < -0.3 is 4.57 Å². The fourth-order valence-electron chi connectivity index (χ4n) is 2.60. The molecule has 21 heavy (non-hydrogen) atoms. The average molecular weight is 320 g/mol. The van der Waals surface area contributed by atoms with Crippen LogP contribution < -0.4 is 0 Å². The van der Waals surface area contributed by atoms with Crippen molar-refractivity contribution in [1.82, 2.24) is 14.5 Å². The summed E-state index contributed by atoms with van der Waals surface area (Å²) in [5.41, 5.74) is 3.16. The molecule has 1 unspecified atom stereocenters. The third-order valence-corrected chi connectivity index (χ3v) is 4.04. The third-order valence-electron chi connectivity index (χ3n) is 3.62. The van der Waals surface area contributed by atoms with Gasteiger partial charge in [0.1, 0.15) is 5.82 Å². The molecule has 1 aromatic carbocycles.